The van der Waals surface area contributed by atoms with Crippen LogP contribution in [0, 0.1) is 0 Å². The lowest BCUT2D eigenvalue weighted by atomic mass is 10.1. The highest BCUT2D eigenvalue weighted by atomic mass is 19.4. The van der Waals surface area contributed by atoms with E-state index in [0.717, 1.165) is 18.8 Å². The summed E-state index contributed by atoms with van der Waals surface area (Å²) in [6.45, 7) is 1.46. The van der Waals surface area contributed by atoms with Gasteiger partial charge in [0.2, 0.25) is 0 Å². The van der Waals surface area contributed by atoms with Crippen molar-refractivity contribution in [3.8, 4) is 0 Å². The second-order valence-corrected chi connectivity index (χ2v) is 5.50. The highest BCUT2D eigenvalue weighted by molar-refractivity contribution is 5.36. The fourth-order valence-corrected chi connectivity index (χ4v) is 2.62. The molecule has 118 valence electrons. The van der Waals surface area contributed by atoms with Crippen molar-refractivity contribution in [2.24, 2.45) is 0 Å². The number of nitrogens with one attached hydrogen (secondary N) is 2. The number of rotatable bonds is 5. The number of alkyl halides is 3. The zero-order chi connectivity index (χ0) is 15.1. The van der Waals surface area contributed by atoms with Gasteiger partial charge in [0.25, 0.3) is 0 Å². The molecule has 1 aliphatic carbocycles. The van der Waals surface area contributed by atoms with Gasteiger partial charge in [0.1, 0.15) is 5.82 Å². The summed E-state index contributed by atoms with van der Waals surface area (Å²) in [4.78, 5) is 3.79. The lowest BCUT2D eigenvalue weighted by molar-refractivity contribution is -0.137. The zero-order valence-electron chi connectivity index (χ0n) is 12.0. The van der Waals surface area contributed by atoms with Gasteiger partial charge in [-0.15, -0.1) is 0 Å². The van der Waals surface area contributed by atoms with Crippen molar-refractivity contribution >= 4 is 5.82 Å². The lowest BCUT2D eigenvalue weighted by Gasteiger charge is -2.16. The SMILES string of the molecule is FC(F)(F)c1ccc(NCCNC2CCCCCC2)nc1. The highest BCUT2D eigenvalue weighted by Crippen LogP contribution is 2.28. The molecule has 1 fully saturated rings. The van der Waals surface area contributed by atoms with E-state index in [9.17, 15) is 13.2 Å². The molecule has 1 saturated carbocycles. The Kier molecular flexibility index (Phi) is 5.85. The number of hydrogen-bond acceptors (Lipinski definition) is 3. The molecule has 1 heterocycles. The van der Waals surface area contributed by atoms with Gasteiger partial charge in [-0.05, 0) is 25.0 Å². The Bertz CT molecular complexity index is 409. The maximum atomic E-state index is 12.4. The van der Waals surface area contributed by atoms with E-state index in [2.05, 4.69) is 15.6 Å². The van der Waals surface area contributed by atoms with Crippen molar-refractivity contribution in [2.45, 2.75) is 50.7 Å². The van der Waals surface area contributed by atoms with Crippen LogP contribution >= 0.6 is 0 Å². The first kappa shape index (κ1) is 16.1. The van der Waals surface area contributed by atoms with E-state index in [1.165, 1.54) is 44.6 Å². The van der Waals surface area contributed by atoms with Crippen molar-refractivity contribution < 1.29 is 13.2 Å². The minimum Gasteiger partial charge on any atom is -0.369 e. The Morgan fingerprint density at radius 3 is 2.33 bits per heavy atom. The fraction of sp³-hybridized carbons (Fsp3) is 0.667. The molecule has 0 saturated heterocycles. The molecule has 0 spiro atoms. The molecular formula is C15H22F3N3. The molecule has 0 amide bonds. The quantitative estimate of drug-likeness (QED) is 0.641. The molecule has 2 N–H and O–H groups in total. The van der Waals surface area contributed by atoms with Crippen LogP contribution in [0.4, 0.5) is 19.0 Å². The zero-order valence-corrected chi connectivity index (χ0v) is 12.0. The van der Waals surface area contributed by atoms with Gasteiger partial charge in [-0.25, -0.2) is 4.98 Å². The maximum absolute atomic E-state index is 12.4. The third-order valence-electron chi connectivity index (χ3n) is 3.81. The van der Waals surface area contributed by atoms with Crippen LogP contribution in [-0.2, 0) is 6.18 Å². The van der Waals surface area contributed by atoms with Gasteiger partial charge in [-0.1, -0.05) is 25.7 Å². The summed E-state index contributed by atoms with van der Waals surface area (Å²) in [5, 5.41) is 6.53. The van der Waals surface area contributed by atoms with Gasteiger partial charge in [0, 0.05) is 25.3 Å². The summed E-state index contributed by atoms with van der Waals surface area (Å²) in [6, 6.07) is 3.00. The molecule has 1 aliphatic rings. The normalized spacial score (nSPS) is 17.5. The number of aromatic nitrogens is 1. The van der Waals surface area contributed by atoms with E-state index in [4.69, 9.17) is 0 Å². The van der Waals surface area contributed by atoms with E-state index in [0.29, 0.717) is 18.4 Å². The minimum atomic E-state index is -4.33. The molecule has 1 aromatic rings. The molecule has 0 bridgehead atoms. The smallest absolute Gasteiger partial charge is 0.369 e. The Labute approximate surface area is 123 Å². The van der Waals surface area contributed by atoms with E-state index >= 15 is 0 Å². The maximum Gasteiger partial charge on any atom is 0.417 e. The Hall–Kier alpha value is -1.30. The third kappa shape index (κ3) is 5.53. The van der Waals surface area contributed by atoms with Crippen LogP contribution in [0.3, 0.4) is 0 Å². The van der Waals surface area contributed by atoms with Crippen LogP contribution < -0.4 is 10.6 Å². The standard InChI is InChI=1S/C15H22F3N3/c16-15(17,18)12-7-8-14(21-11-12)20-10-9-19-13-5-3-1-2-4-6-13/h7-8,11,13,19H,1-6,9-10H2,(H,20,21). The van der Waals surface area contributed by atoms with Gasteiger partial charge < -0.3 is 10.6 Å². The molecule has 0 unspecified atom stereocenters. The van der Waals surface area contributed by atoms with Crippen LogP contribution in [0.2, 0.25) is 0 Å². The van der Waals surface area contributed by atoms with Crippen molar-refractivity contribution in [3.63, 3.8) is 0 Å². The van der Waals surface area contributed by atoms with Crippen LogP contribution in [-0.4, -0.2) is 24.1 Å². The average Bonchev–Trinajstić information content (AvgIpc) is 2.72. The summed E-state index contributed by atoms with van der Waals surface area (Å²) >= 11 is 0. The first-order valence-electron chi connectivity index (χ1n) is 7.56. The second kappa shape index (κ2) is 7.64. The predicted octanol–water partition coefficient (Wildman–Crippen LogP) is 3.82. The van der Waals surface area contributed by atoms with Gasteiger partial charge >= 0.3 is 6.18 Å². The van der Waals surface area contributed by atoms with E-state index < -0.39 is 11.7 Å². The predicted molar refractivity (Wildman–Crippen MR) is 77.2 cm³/mol. The Morgan fingerprint density at radius 2 is 1.76 bits per heavy atom. The Balaban J connectivity index is 1.68. The average molecular weight is 301 g/mol. The van der Waals surface area contributed by atoms with Crippen molar-refractivity contribution in [1.29, 1.82) is 0 Å². The van der Waals surface area contributed by atoms with Gasteiger partial charge in [-0.3, -0.25) is 0 Å². The van der Waals surface area contributed by atoms with Gasteiger partial charge in [0.05, 0.1) is 5.56 Å². The van der Waals surface area contributed by atoms with Crippen molar-refractivity contribution in [2.75, 3.05) is 18.4 Å². The molecule has 0 aromatic carbocycles. The lowest BCUT2D eigenvalue weighted by Crippen LogP contribution is -2.32. The molecule has 0 atom stereocenters. The molecule has 1 aromatic heterocycles. The van der Waals surface area contributed by atoms with Crippen LogP contribution in [0.25, 0.3) is 0 Å². The number of nitrogens with zero attached hydrogens (tertiary/aromatic N) is 1. The summed E-state index contributed by atoms with van der Waals surface area (Å²) < 4.78 is 37.2. The summed E-state index contributed by atoms with van der Waals surface area (Å²) in [6.07, 6.45) is 4.19. The van der Waals surface area contributed by atoms with E-state index in [1.807, 2.05) is 0 Å². The first-order valence-corrected chi connectivity index (χ1v) is 7.56. The van der Waals surface area contributed by atoms with E-state index in [-0.39, 0.29) is 0 Å². The monoisotopic (exact) mass is 301 g/mol. The molecule has 2 rings (SSSR count). The molecular weight excluding hydrogens is 279 g/mol. The summed E-state index contributed by atoms with van der Waals surface area (Å²) in [5.74, 6) is 0.477. The molecule has 0 radical (unpaired) electrons. The number of anilines is 1. The van der Waals surface area contributed by atoms with Crippen molar-refractivity contribution in [3.05, 3.63) is 23.9 Å². The molecule has 6 heteroatoms. The van der Waals surface area contributed by atoms with Crippen LogP contribution in [0.5, 0.6) is 0 Å². The largest absolute Gasteiger partial charge is 0.417 e. The van der Waals surface area contributed by atoms with Crippen LogP contribution in [0.15, 0.2) is 18.3 Å². The first-order chi connectivity index (χ1) is 10.1. The van der Waals surface area contributed by atoms with Crippen LogP contribution in [0.1, 0.15) is 44.1 Å². The fourth-order valence-electron chi connectivity index (χ4n) is 2.62. The molecule has 3 nitrogen and oxygen atoms in total. The summed E-state index contributed by atoms with van der Waals surface area (Å²) in [7, 11) is 0. The van der Waals surface area contributed by atoms with Gasteiger partial charge in [0.15, 0.2) is 0 Å². The van der Waals surface area contributed by atoms with E-state index in [1.54, 1.807) is 0 Å². The number of hydrogen-bond donors (Lipinski definition) is 2. The van der Waals surface area contributed by atoms with Crippen molar-refractivity contribution in [1.82, 2.24) is 10.3 Å². The Morgan fingerprint density at radius 1 is 1.05 bits per heavy atom. The third-order valence-corrected chi connectivity index (χ3v) is 3.81. The highest BCUT2D eigenvalue weighted by Gasteiger charge is 2.30. The van der Waals surface area contributed by atoms with Gasteiger partial charge in [-0.2, -0.15) is 13.2 Å². The topological polar surface area (TPSA) is 37.0 Å². The minimum absolute atomic E-state index is 0.477. The molecule has 0 aliphatic heterocycles. The summed E-state index contributed by atoms with van der Waals surface area (Å²) in [5.41, 5.74) is -0.718. The number of pyridine rings is 1. The second-order valence-electron chi connectivity index (χ2n) is 5.50. The number of halogens is 3. The molecule has 21 heavy (non-hydrogen) atoms.